The molecule has 2 aromatic carbocycles. The van der Waals surface area contributed by atoms with Crippen LogP contribution in [0.2, 0.25) is 0 Å². The Balaban J connectivity index is 0.000000378. The second-order valence-corrected chi connectivity index (χ2v) is 10.3. The number of piperidine rings is 1. The van der Waals surface area contributed by atoms with Crippen molar-refractivity contribution in [1.29, 1.82) is 0 Å². The summed E-state index contributed by atoms with van der Waals surface area (Å²) in [5.41, 5.74) is -0.826. The summed E-state index contributed by atoms with van der Waals surface area (Å²) in [7, 11) is 2.35. The van der Waals surface area contributed by atoms with Crippen molar-refractivity contribution in [2.75, 3.05) is 43.3 Å². The molecule has 3 rings (SSSR count). The van der Waals surface area contributed by atoms with Gasteiger partial charge in [-0.1, -0.05) is 0 Å². The van der Waals surface area contributed by atoms with Crippen LogP contribution in [-0.2, 0) is 14.2 Å². The molecule has 240 valence electrons. The van der Waals surface area contributed by atoms with Crippen LogP contribution in [0.25, 0.3) is 0 Å². The molecule has 0 radical (unpaired) electrons. The highest BCUT2D eigenvalue weighted by Gasteiger charge is 2.31. The number of methoxy groups -OCH3 is 2. The third-order valence-corrected chi connectivity index (χ3v) is 5.98. The summed E-state index contributed by atoms with van der Waals surface area (Å²) < 4.78 is 27.1. The van der Waals surface area contributed by atoms with Gasteiger partial charge in [-0.3, -0.25) is 30.9 Å². The number of hydrogen-bond acceptors (Lipinski definition) is 11. The minimum absolute atomic E-state index is 0.0925. The molecule has 16 nitrogen and oxygen atoms in total. The van der Waals surface area contributed by atoms with Crippen LogP contribution in [0.4, 0.5) is 47.2 Å². The number of anilines is 3. The summed E-state index contributed by atoms with van der Waals surface area (Å²) in [6.45, 7) is 6.38. The van der Waals surface area contributed by atoms with E-state index in [0.29, 0.717) is 18.8 Å². The van der Waals surface area contributed by atoms with Gasteiger partial charge >= 0.3 is 24.0 Å². The lowest BCUT2D eigenvalue weighted by atomic mass is 10.0. The van der Waals surface area contributed by atoms with Gasteiger partial charge in [0.1, 0.15) is 11.3 Å². The Morgan fingerprint density at radius 1 is 0.932 bits per heavy atom. The first kappa shape index (κ1) is 35.0. The molecular weight excluding hydrogens is 587 g/mol. The lowest BCUT2D eigenvalue weighted by Gasteiger charge is -2.37. The number of ether oxygens (including phenoxy) is 3. The third-order valence-electron chi connectivity index (χ3n) is 5.98. The Bertz CT molecular complexity index is 1370. The maximum atomic E-state index is 12.9. The van der Waals surface area contributed by atoms with E-state index in [0.717, 1.165) is 38.5 Å². The van der Waals surface area contributed by atoms with Gasteiger partial charge in [-0.2, -0.15) is 4.39 Å². The molecule has 0 bridgehead atoms. The van der Waals surface area contributed by atoms with Crippen LogP contribution < -0.4 is 16.0 Å². The molecule has 1 fully saturated rings. The van der Waals surface area contributed by atoms with Gasteiger partial charge < -0.3 is 24.4 Å². The number of nitro benzene ring substituents is 2. The quantitative estimate of drug-likeness (QED) is 0.189. The SMILES string of the molecule is COC(=O)Nc1ccc(F)c([N+](=O)[O-])c1.COC(=O)Nc1ccc(NC[C@H]2CCCCN2C(=O)OC(C)(C)C)c([N+](=O)[O-])c1. The monoisotopic (exact) mass is 622 g/mol. The van der Waals surface area contributed by atoms with E-state index >= 15 is 0 Å². The van der Waals surface area contributed by atoms with Crippen molar-refractivity contribution >= 4 is 46.7 Å². The summed E-state index contributed by atoms with van der Waals surface area (Å²) in [4.78, 5) is 56.6. The largest absolute Gasteiger partial charge is 0.453 e. The summed E-state index contributed by atoms with van der Waals surface area (Å²) in [6, 6.07) is 7.18. The molecule has 0 spiro atoms. The second kappa shape index (κ2) is 15.9. The van der Waals surface area contributed by atoms with Gasteiger partial charge in [0.2, 0.25) is 5.82 Å². The van der Waals surface area contributed by atoms with Crippen molar-refractivity contribution in [3.05, 3.63) is 62.4 Å². The number of amides is 3. The lowest BCUT2D eigenvalue weighted by Crippen LogP contribution is -2.48. The predicted molar refractivity (Wildman–Crippen MR) is 157 cm³/mol. The number of rotatable bonds is 7. The Morgan fingerprint density at radius 2 is 1.48 bits per heavy atom. The van der Waals surface area contributed by atoms with E-state index < -0.39 is 39.1 Å². The topological polar surface area (TPSA) is 205 Å². The van der Waals surface area contributed by atoms with Crippen LogP contribution in [0.5, 0.6) is 0 Å². The normalized spacial score (nSPS) is 14.2. The van der Waals surface area contributed by atoms with Gasteiger partial charge in [-0.15, -0.1) is 0 Å². The average Bonchev–Trinajstić information content (AvgIpc) is 2.96. The average molecular weight is 623 g/mol. The van der Waals surface area contributed by atoms with E-state index in [1.165, 1.54) is 25.3 Å². The fraction of sp³-hybridized carbons (Fsp3) is 0.444. The van der Waals surface area contributed by atoms with E-state index in [-0.39, 0.29) is 29.2 Å². The highest BCUT2D eigenvalue weighted by Crippen LogP contribution is 2.29. The molecule has 3 amide bonds. The number of nitro groups is 2. The fourth-order valence-electron chi connectivity index (χ4n) is 3.98. The predicted octanol–water partition coefficient (Wildman–Crippen LogP) is 5.89. The zero-order valence-electron chi connectivity index (χ0n) is 24.9. The maximum Gasteiger partial charge on any atom is 0.411 e. The van der Waals surface area contributed by atoms with Gasteiger partial charge in [0, 0.05) is 25.2 Å². The highest BCUT2D eigenvalue weighted by molar-refractivity contribution is 5.86. The number of nitrogens with zero attached hydrogens (tertiary/aromatic N) is 3. The molecule has 0 unspecified atom stereocenters. The number of carbonyl (C=O) groups is 3. The number of nitrogens with one attached hydrogen (secondary N) is 3. The van der Waals surface area contributed by atoms with Crippen LogP contribution in [0.3, 0.4) is 0 Å². The second-order valence-electron chi connectivity index (χ2n) is 10.3. The minimum atomic E-state index is -0.963. The zero-order chi connectivity index (χ0) is 33.0. The first-order valence-electron chi connectivity index (χ1n) is 13.3. The molecular formula is C27H35FN6O10. The number of halogens is 1. The standard InChI is InChI=1S/C19H28N4O6.C8H7FN2O4/c1-19(2,3)29-18(25)22-10-6-5-7-14(22)12-20-15-9-8-13(21-17(24)28-4)11-16(15)23(26)27;1-15-8(12)10-5-2-3-6(9)7(4-5)11(13)14/h8-9,11,14,20H,5-7,10,12H2,1-4H3,(H,21,24);2-4H,1H3,(H,10,12)/t14-;/m1./s1. The van der Waals surface area contributed by atoms with Gasteiger partial charge in [0.05, 0.1) is 41.5 Å². The van der Waals surface area contributed by atoms with E-state index in [4.69, 9.17) is 4.74 Å². The molecule has 1 heterocycles. The van der Waals surface area contributed by atoms with E-state index in [9.17, 15) is 39.0 Å². The molecule has 0 saturated carbocycles. The molecule has 0 aromatic heterocycles. The Morgan fingerprint density at radius 3 is 2.00 bits per heavy atom. The molecule has 0 aliphatic carbocycles. The van der Waals surface area contributed by atoms with Gasteiger partial charge in [-0.25, -0.2) is 14.4 Å². The summed E-state index contributed by atoms with van der Waals surface area (Å²) in [6.07, 6.45) is 0.767. The van der Waals surface area contributed by atoms with Gasteiger partial charge in [0.25, 0.3) is 5.69 Å². The summed E-state index contributed by atoms with van der Waals surface area (Å²) in [5, 5.41) is 29.5. The highest BCUT2D eigenvalue weighted by atomic mass is 19.1. The molecule has 44 heavy (non-hydrogen) atoms. The minimum Gasteiger partial charge on any atom is -0.453 e. The maximum absolute atomic E-state index is 12.9. The molecule has 1 aliphatic heterocycles. The fourth-order valence-corrected chi connectivity index (χ4v) is 3.98. The number of benzene rings is 2. The van der Waals surface area contributed by atoms with Crippen LogP contribution >= 0.6 is 0 Å². The molecule has 1 saturated heterocycles. The van der Waals surface area contributed by atoms with Crippen LogP contribution in [-0.4, -0.2) is 72.0 Å². The summed E-state index contributed by atoms with van der Waals surface area (Å²) in [5.74, 6) is -0.963. The zero-order valence-corrected chi connectivity index (χ0v) is 24.9. The number of carbonyl (C=O) groups excluding carboxylic acids is 3. The van der Waals surface area contributed by atoms with Gasteiger partial charge in [-0.05, 0) is 64.3 Å². The molecule has 3 N–H and O–H groups in total. The molecule has 17 heteroatoms. The van der Waals surface area contributed by atoms with E-state index in [1.54, 1.807) is 11.0 Å². The third kappa shape index (κ3) is 10.9. The Labute approximate surface area is 252 Å². The summed E-state index contributed by atoms with van der Waals surface area (Å²) >= 11 is 0. The van der Waals surface area contributed by atoms with Crippen LogP contribution in [0, 0.1) is 26.0 Å². The number of likely N-dealkylation sites (tertiary alicyclic amines) is 1. The van der Waals surface area contributed by atoms with Gasteiger partial charge in [0.15, 0.2) is 0 Å². The van der Waals surface area contributed by atoms with Crippen molar-refractivity contribution < 1.29 is 42.8 Å². The van der Waals surface area contributed by atoms with Crippen molar-refractivity contribution in [2.45, 2.75) is 51.7 Å². The first-order valence-corrected chi connectivity index (χ1v) is 13.3. The lowest BCUT2D eigenvalue weighted by molar-refractivity contribution is -0.387. The van der Waals surface area contributed by atoms with Crippen molar-refractivity contribution in [2.24, 2.45) is 0 Å². The smallest absolute Gasteiger partial charge is 0.411 e. The van der Waals surface area contributed by atoms with Crippen molar-refractivity contribution in [3.63, 3.8) is 0 Å². The Kier molecular flexibility index (Phi) is 12.6. The Hall–Kier alpha value is -5.22. The van der Waals surface area contributed by atoms with E-state index in [1.807, 2.05) is 20.8 Å². The molecule has 1 aliphatic rings. The van der Waals surface area contributed by atoms with Crippen molar-refractivity contribution in [1.82, 2.24) is 4.90 Å². The molecule has 2 aromatic rings. The molecule has 1 atom stereocenters. The first-order chi connectivity index (χ1) is 20.6. The van der Waals surface area contributed by atoms with Crippen molar-refractivity contribution in [3.8, 4) is 0 Å². The van der Waals surface area contributed by atoms with Crippen LogP contribution in [0.1, 0.15) is 40.0 Å². The number of hydrogen-bond donors (Lipinski definition) is 3. The van der Waals surface area contributed by atoms with Crippen LogP contribution in [0.15, 0.2) is 36.4 Å². The van der Waals surface area contributed by atoms with E-state index in [2.05, 4.69) is 25.4 Å².